The molecule has 0 amide bonds. The van der Waals surface area contributed by atoms with Gasteiger partial charge in [0.25, 0.3) is 0 Å². The van der Waals surface area contributed by atoms with Crippen molar-refractivity contribution < 1.29 is 52.1 Å². The van der Waals surface area contributed by atoms with Crippen LogP contribution in [0.1, 0.15) is 63.0 Å². The van der Waals surface area contributed by atoms with E-state index in [2.05, 4.69) is 13.0 Å². The number of methoxy groups -OCH3 is 6. The summed E-state index contributed by atoms with van der Waals surface area (Å²) in [6.45, 7) is 9.38. The number of ether oxygens (including phenoxy) is 9. The summed E-state index contributed by atoms with van der Waals surface area (Å²) in [6.07, 6.45) is 0.703. The first-order chi connectivity index (χ1) is 26.3. The monoisotopic (exact) mass is 754 g/mol. The highest BCUT2D eigenvalue weighted by Gasteiger charge is 2.27. The number of aliphatic hydroxyl groups excluding tert-OH is 1. The Bertz CT molecular complexity index is 1650. The lowest BCUT2D eigenvalue weighted by Crippen LogP contribution is -2.22. The van der Waals surface area contributed by atoms with E-state index in [1.54, 1.807) is 73.8 Å². The van der Waals surface area contributed by atoms with E-state index in [0.29, 0.717) is 48.3 Å². The Labute approximate surface area is 321 Å². The number of rotatable bonds is 15. The van der Waals surface area contributed by atoms with Crippen molar-refractivity contribution in [3.63, 3.8) is 0 Å². The fraction of sp³-hybridized carbons (Fsp3) is 0.442. The standard InChI is InChI=1S/C22H28O5.C18H22O5.C2H6.CH3F/c1-15-9-11-27-22(15)17-6-8-19(21(14-17)25-4)26-12-10-16-5-7-18(23-2)20(13-16)24-3;1-12(23-16-8-6-5-7-14(16)20-2)18(19)13-9-10-15(21-3)17(11-13)22-4;2*1-2/h5-8,13-15,22H,9-12H2,1-4H3;5-12,18-19H,1-4H3;1-2H3;1H3/t15-,22+;12-,18-;;/m10../s1. The summed E-state index contributed by atoms with van der Waals surface area (Å²) in [5.74, 6) is 5.84. The molecule has 1 fully saturated rings. The van der Waals surface area contributed by atoms with Crippen LogP contribution in [-0.4, -0.2) is 74.3 Å². The minimum absolute atomic E-state index is 0.139. The maximum absolute atomic E-state index is 10.5. The van der Waals surface area contributed by atoms with Gasteiger partial charge in [-0.25, -0.2) is 0 Å². The summed E-state index contributed by atoms with van der Waals surface area (Å²) in [5, 5.41) is 10.5. The number of alkyl halides is 1. The molecule has 1 heterocycles. The number of halogens is 1. The van der Waals surface area contributed by atoms with Crippen LogP contribution in [0, 0.1) is 5.92 Å². The first-order valence-electron chi connectivity index (χ1n) is 18.0. The second-order valence-electron chi connectivity index (χ2n) is 11.8. The van der Waals surface area contributed by atoms with Gasteiger partial charge >= 0.3 is 0 Å². The van der Waals surface area contributed by atoms with E-state index in [0.717, 1.165) is 53.6 Å². The minimum atomic E-state index is -0.820. The molecule has 0 aromatic heterocycles. The van der Waals surface area contributed by atoms with E-state index >= 15 is 0 Å². The second-order valence-corrected chi connectivity index (χ2v) is 11.8. The average molecular weight is 755 g/mol. The molecule has 54 heavy (non-hydrogen) atoms. The van der Waals surface area contributed by atoms with Gasteiger partial charge in [0.2, 0.25) is 0 Å². The number of hydrogen-bond acceptors (Lipinski definition) is 10. The fourth-order valence-electron chi connectivity index (χ4n) is 5.71. The van der Waals surface area contributed by atoms with Gasteiger partial charge in [-0.1, -0.05) is 51.1 Å². The minimum Gasteiger partial charge on any atom is -0.493 e. The predicted octanol–water partition coefficient (Wildman–Crippen LogP) is 9.26. The average Bonchev–Trinajstić information content (AvgIpc) is 3.67. The molecule has 0 bridgehead atoms. The van der Waals surface area contributed by atoms with Gasteiger partial charge in [-0.15, -0.1) is 0 Å². The third-order valence-electron chi connectivity index (χ3n) is 8.58. The molecule has 298 valence electrons. The Hall–Kier alpha value is -4.87. The first-order valence-corrected chi connectivity index (χ1v) is 18.0. The van der Waals surface area contributed by atoms with Crippen molar-refractivity contribution in [2.75, 3.05) is 63.1 Å². The van der Waals surface area contributed by atoms with Gasteiger partial charge in [0.15, 0.2) is 46.0 Å². The van der Waals surface area contributed by atoms with Crippen LogP contribution >= 0.6 is 0 Å². The van der Waals surface area contributed by atoms with Crippen molar-refractivity contribution in [1.82, 2.24) is 0 Å². The van der Waals surface area contributed by atoms with Crippen molar-refractivity contribution in [1.29, 1.82) is 0 Å². The van der Waals surface area contributed by atoms with Crippen molar-refractivity contribution >= 4 is 0 Å². The zero-order valence-electron chi connectivity index (χ0n) is 33.6. The Morgan fingerprint density at radius 3 is 1.76 bits per heavy atom. The normalized spacial score (nSPS) is 15.3. The SMILES string of the molecule is CC.CF.COc1ccc(CCOc2ccc([C@H]3OCC[C@H]3C)cc2OC)cc1OC.COc1ccc([C@@H](O)[C@H](C)Oc2ccccc2OC)cc1OC. The highest BCUT2D eigenvalue weighted by atomic mass is 19.1. The van der Waals surface area contributed by atoms with Gasteiger partial charge in [-0.05, 0) is 84.5 Å². The molecule has 1 aliphatic heterocycles. The van der Waals surface area contributed by atoms with Gasteiger partial charge in [-0.3, -0.25) is 4.39 Å². The van der Waals surface area contributed by atoms with Crippen LogP contribution in [0.4, 0.5) is 4.39 Å². The number of benzene rings is 4. The molecule has 10 nitrogen and oxygen atoms in total. The van der Waals surface area contributed by atoms with Crippen LogP contribution in [0.3, 0.4) is 0 Å². The van der Waals surface area contributed by atoms with E-state index in [4.69, 9.17) is 42.6 Å². The van der Waals surface area contributed by atoms with Crippen LogP contribution in [0.2, 0.25) is 0 Å². The molecule has 4 aromatic rings. The van der Waals surface area contributed by atoms with Crippen LogP contribution in [0.15, 0.2) is 78.9 Å². The summed E-state index contributed by atoms with van der Waals surface area (Å²) >= 11 is 0. The third kappa shape index (κ3) is 12.6. The smallest absolute Gasteiger partial charge is 0.161 e. The number of hydrogen-bond donors (Lipinski definition) is 1. The zero-order valence-corrected chi connectivity index (χ0v) is 33.6. The zero-order chi connectivity index (χ0) is 40.0. The molecule has 0 radical (unpaired) electrons. The van der Waals surface area contributed by atoms with Gasteiger partial charge in [0.1, 0.15) is 12.2 Å². The first kappa shape index (κ1) is 45.3. The molecular weight excluding hydrogens is 695 g/mol. The molecule has 1 N–H and O–H groups in total. The Balaban J connectivity index is 0.000000346. The van der Waals surface area contributed by atoms with E-state index < -0.39 is 12.2 Å². The number of para-hydroxylation sites is 2. The Morgan fingerprint density at radius 2 is 1.19 bits per heavy atom. The van der Waals surface area contributed by atoms with E-state index in [-0.39, 0.29) is 6.10 Å². The highest BCUT2D eigenvalue weighted by molar-refractivity contribution is 5.46. The lowest BCUT2D eigenvalue weighted by molar-refractivity contribution is 0.0450. The summed E-state index contributed by atoms with van der Waals surface area (Å²) in [5.41, 5.74) is 2.95. The molecule has 1 saturated heterocycles. The maximum Gasteiger partial charge on any atom is 0.161 e. The Kier molecular flexibility index (Phi) is 20.5. The summed E-state index contributed by atoms with van der Waals surface area (Å²) in [7, 11) is 10.1. The Morgan fingerprint density at radius 1 is 0.667 bits per heavy atom. The van der Waals surface area contributed by atoms with Gasteiger partial charge in [-0.2, -0.15) is 0 Å². The van der Waals surface area contributed by atoms with Crippen LogP contribution in [-0.2, 0) is 11.2 Å². The molecule has 1 aliphatic rings. The van der Waals surface area contributed by atoms with Crippen LogP contribution < -0.4 is 37.9 Å². The van der Waals surface area contributed by atoms with E-state index in [1.807, 2.05) is 62.4 Å². The summed E-state index contributed by atoms with van der Waals surface area (Å²) < 4.78 is 59.0. The lowest BCUT2D eigenvalue weighted by atomic mass is 9.97. The molecule has 4 aromatic carbocycles. The molecule has 0 unspecified atom stereocenters. The largest absolute Gasteiger partial charge is 0.493 e. The molecule has 4 atom stereocenters. The predicted molar refractivity (Wildman–Crippen MR) is 210 cm³/mol. The summed E-state index contributed by atoms with van der Waals surface area (Å²) in [4.78, 5) is 0. The second kappa shape index (κ2) is 24.4. The third-order valence-corrected chi connectivity index (χ3v) is 8.58. The van der Waals surface area contributed by atoms with Gasteiger partial charge in [0, 0.05) is 13.0 Å². The summed E-state index contributed by atoms with van der Waals surface area (Å²) in [6, 6.07) is 24.6. The van der Waals surface area contributed by atoms with Crippen molar-refractivity contribution in [2.45, 2.75) is 58.8 Å². The lowest BCUT2D eigenvalue weighted by Gasteiger charge is -2.22. The number of aliphatic hydroxyl groups is 1. The fourth-order valence-corrected chi connectivity index (χ4v) is 5.71. The van der Waals surface area contributed by atoms with Crippen molar-refractivity contribution in [3.8, 4) is 46.0 Å². The molecule has 0 spiro atoms. The van der Waals surface area contributed by atoms with Gasteiger partial charge < -0.3 is 47.7 Å². The molecule has 11 heteroatoms. The van der Waals surface area contributed by atoms with E-state index in [1.165, 1.54) is 0 Å². The van der Waals surface area contributed by atoms with Gasteiger partial charge in [0.05, 0.1) is 62.5 Å². The quantitative estimate of drug-likeness (QED) is 0.126. The van der Waals surface area contributed by atoms with Crippen molar-refractivity contribution in [3.05, 3.63) is 95.6 Å². The topological polar surface area (TPSA) is 103 Å². The maximum atomic E-state index is 10.5. The highest BCUT2D eigenvalue weighted by Crippen LogP contribution is 2.39. The molecule has 0 aliphatic carbocycles. The molecule has 5 rings (SSSR count). The van der Waals surface area contributed by atoms with Crippen LogP contribution in [0.5, 0.6) is 46.0 Å². The molecule has 0 saturated carbocycles. The van der Waals surface area contributed by atoms with E-state index in [9.17, 15) is 9.50 Å². The van der Waals surface area contributed by atoms with Crippen molar-refractivity contribution in [2.24, 2.45) is 5.92 Å². The molecular formula is C43H59FO10. The van der Waals surface area contributed by atoms with Crippen LogP contribution in [0.25, 0.3) is 0 Å².